The van der Waals surface area contributed by atoms with Crippen molar-refractivity contribution in [2.24, 2.45) is 0 Å². The van der Waals surface area contributed by atoms with Gasteiger partial charge in [-0.05, 0) is 44.0 Å². The molecule has 128 valence electrons. The first kappa shape index (κ1) is 17.7. The highest BCUT2D eigenvalue weighted by molar-refractivity contribution is 7.89. The number of benzene rings is 1. The topological polar surface area (TPSA) is 93.7 Å². The van der Waals surface area contributed by atoms with Crippen molar-refractivity contribution in [3.63, 3.8) is 0 Å². The Bertz CT molecular complexity index is 624. The number of sulfonamides is 1. The van der Waals surface area contributed by atoms with Gasteiger partial charge < -0.3 is 14.8 Å². The molecule has 2 rings (SSSR count). The predicted molar refractivity (Wildman–Crippen MR) is 84.8 cm³/mol. The van der Waals surface area contributed by atoms with Crippen LogP contribution in [0.5, 0.6) is 5.75 Å². The van der Waals surface area contributed by atoms with E-state index in [0.717, 1.165) is 12.8 Å². The van der Waals surface area contributed by atoms with Crippen LogP contribution in [0, 0.1) is 0 Å². The lowest BCUT2D eigenvalue weighted by atomic mass is 10.2. The van der Waals surface area contributed by atoms with E-state index in [1.807, 2.05) is 0 Å². The maximum absolute atomic E-state index is 12.3. The SMILES string of the molecule is COc1ccc(S(=O)(=O)N[C@@H](C)C(=O)NC[C@H]2CCCO2)cc1. The second kappa shape index (κ2) is 7.76. The van der Waals surface area contributed by atoms with E-state index >= 15 is 0 Å². The molecule has 0 unspecified atom stereocenters. The predicted octanol–water partition coefficient (Wildman–Crippen LogP) is 0.657. The summed E-state index contributed by atoms with van der Waals surface area (Å²) in [6.07, 6.45) is 1.91. The lowest BCUT2D eigenvalue weighted by Crippen LogP contribution is -2.46. The van der Waals surface area contributed by atoms with Crippen LogP contribution in [0.3, 0.4) is 0 Å². The van der Waals surface area contributed by atoms with Crippen LogP contribution in [-0.2, 0) is 19.6 Å². The molecular weight excluding hydrogens is 320 g/mol. The van der Waals surface area contributed by atoms with E-state index in [2.05, 4.69) is 10.0 Å². The van der Waals surface area contributed by atoms with Gasteiger partial charge in [-0.25, -0.2) is 8.42 Å². The van der Waals surface area contributed by atoms with Crippen molar-refractivity contribution in [1.82, 2.24) is 10.0 Å². The first-order chi connectivity index (χ1) is 10.9. The average molecular weight is 342 g/mol. The van der Waals surface area contributed by atoms with Crippen LogP contribution >= 0.6 is 0 Å². The van der Waals surface area contributed by atoms with Crippen LogP contribution < -0.4 is 14.8 Å². The summed E-state index contributed by atoms with van der Waals surface area (Å²) in [5.41, 5.74) is 0. The van der Waals surface area contributed by atoms with Crippen molar-refractivity contribution in [1.29, 1.82) is 0 Å². The maximum atomic E-state index is 12.3. The highest BCUT2D eigenvalue weighted by Crippen LogP contribution is 2.15. The molecule has 1 aromatic rings. The Hall–Kier alpha value is -1.64. The first-order valence-electron chi connectivity index (χ1n) is 7.48. The Morgan fingerprint density at radius 2 is 2.09 bits per heavy atom. The molecule has 0 saturated carbocycles. The summed E-state index contributed by atoms with van der Waals surface area (Å²) in [6.45, 7) is 2.61. The molecule has 1 aliphatic rings. The molecule has 0 spiro atoms. The molecule has 8 heteroatoms. The van der Waals surface area contributed by atoms with Crippen LogP contribution in [0.25, 0.3) is 0 Å². The zero-order valence-electron chi connectivity index (χ0n) is 13.2. The number of hydrogen-bond acceptors (Lipinski definition) is 5. The van der Waals surface area contributed by atoms with Gasteiger partial charge in [-0.3, -0.25) is 4.79 Å². The molecule has 1 heterocycles. The van der Waals surface area contributed by atoms with Crippen molar-refractivity contribution in [3.05, 3.63) is 24.3 Å². The molecule has 1 fully saturated rings. The van der Waals surface area contributed by atoms with Gasteiger partial charge in [-0.1, -0.05) is 0 Å². The summed E-state index contributed by atoms with van der Waals surface area (Å²) in [5.74, 6) is 0.184. The minimum atomic E-state index is -3.76. The van der Waals surface area contributed by atoms with E-state index in [9.17, 15) is 13.2 Å². The van der Waals surface area contributed by atoms with Gasteiger partial charge in [0.15, 0.2) is 0 Å². The second-order valence-electron chi connectivity index (χ2n) is 5.40. The highest BCUT2D eigenvalue weighted by atomic mass is 32.2. The van der Waals surface area contributed by atoms with E-state index in [0.29, 0.717) is 18.9 Å². The summed E-state index contributed by atoms with van der Waals surface area (Å²) < 4.78 is 37.3. The summed E-state index contributed by atoms with van der Waals surface area (Å²) in [7, 11) is -2.26. The van der Waals surface area contributed by atoms with Crippen molar-refractivity contribution in [2.45, 2.75) is 36.8 Å². The van der Waals surface area contributed by atoms with Crippen LogP contribution in [0.15, 0.2) is 29.2 Å². The summed E-state index contributed by atoms with van der Waals surface area (Å²) >= 11 is 0. The molecule has 0 bridgehead atoms. The third-order valence-electron chi connectivity index (χ3n) is 3.62. The van der Waals surface area contributed by atoms with Crippen molar-refractivity contribution >= 4 is 15.9 Å². The monoisotopic (exact) mass is 342 g/mol. The normalized spacial score (nSPS) is 19.3. The Morgan fingerprint density at radius 1 is 1.39 bits per heavy atom. The summed E-state index contributed by atoms with van der Waals surface area (Å²) in [6, 6.07) is 5.09. The van der Waals surface area contributed by atoms with E-state index in [-0.39, 0.29) is 16.9 Å². The number of carbonyl (C=O) groups excluding carboxylic acids is 1. The van der Waals surface area contributed by atoms with Crippen LogP contribution in [0.4, 0.5) is 0 Å². The first-order valence-corrected chi connectivity index (χ1v) is 8.96. The molecule has 0 aromatic heterocycles. The van der Waals surface area contributed by atoms with Gasteiger partial charge in [0, 0.05) is 13.2 Å². The number of methoxy groups -OCH3 is 1. The van der Waals surface area contributed by atoms with Gasteiger partial charge in [-0.2, -0.15) is 4.72 Å². The molecule has 7 nitrogen and oxygen atoms in total. The fourth-order valence-electron chi connectivity index (χ4n) is 2.28. The molecule has 2 atom stereocenters. The zero-order chi connectivity index (χ0) is 16.9. The molecular formula is C15H22N2O5S. The number of carbonyl (C=O) groups is 1. The largest absolute Gasteiger partial charge is 0.497 e. The van der Waals surface area contributed by atoms with Crippen molar-refractivity contribution < 1.29 is 22.7 Å². The van der Waals surface area contributed by atoms with Gasteiger partial charge in [-0.15, -0.1) is 0 Å². The van der Waals surface area contributed by atoms with Crippen molar-refractivity contribution in [2.75, 3.05) is 20.3 Å². The van der Waals surface area contributed by atoms with E-state index in [4.69, 9.17) is 9.47 Å². The third kappa shape index (κ3) is 4.92. The molecule has 0 radical (unpaired) electrons. The van der Waals surface area contributed by atoms with Gasteiger partial charge >= 0.3 is 0 Å². The van der Waals surface area contributed by atoms with E-state index in [1.54, 1.807) is 12.1 Å². The number of nitrogens with one attached hydrogen (secondary N) is 2. The standard InChI is InChI=1S/C15H22N2O5S/c1-11(15(18)16-10-13-4-3-9-22-13)17-23(19,20)14-7-5-12(21-2)6-8-14/h5-8,11,13,17H,3-4,9-10H2,1-2H3,(H,16,18)/t11-,13+/m0/s1. The quantitative estimate of drug-likeness (QED) is 0.759. The lowest BCUT2D eigenvalue weighted by Gasteiger charge is -2.16. The minimum Gasteiger partial charge on any atom is -0.497 e. The van der Waals surface area contributed by atoms with Crippen LogP contribution in [0.1, 0.15) is 19.8 Å². The Balaban J connectivity index is 1.91. The third-order valence-corrected chi connectivity index (χ3v) is 5.18. The molecule has 2 N–H and O–H groups in total. The molecule has 1 saturated heterocycles. The fraction of sp³-hybridized carbons (Fsp3) is 0.533. The smallest absolute Gasteiger partial charge is 0.241 e. The van der Waals surface area contributed by atoms with Gasteiger partial charge in [0.25, 0.3) is 0 Å². The number of ether oxygens (including phenoxy) is 2. The van der Waals surface area contributed by atoms with Crippen LogP contribution in [0.2, 0.25) is 0 Å². The average Bonchev–Trinajstić information content (AvgIpc) is 3.05. The molecule has 1 amide bonds. The maximum Gasteiger partial charge on any atom is 0.241 e. The molecule has 1 aliphatic heterocycles. The summed E-state index contributed by atoms with van der Waals surface area (Å²) in [4.78, 5) is 12.1. The Labute approximate surface area is 136 Å². The van der Waals surface area contributed by atoms with Crippen LogP contribution in [-0.4, -0.2) is 46.7 Å². The summed E-state index contributed by atoms with van der Waals surface area (Å²) in [5, 5.41) is 2.71. The zero-order valence-corrected chi connectivity index (χ0v) is 14.1. The Kier molecular flexibility index (Phi) is 5.97. The Morgan fingerprint density at radius 3 is 2.65 bits per heavy atom. The van der Waals surface area contributed by atoms with Crippen molar-refractivity contribution in [3.8, 4) is 5.75 Å². The number of hydrogen-bond donors (Lipinski definition) is 2. The number of amides is 1. The lowest BCUT2D eigenvalue weighted by molar-refractivity contribution is -0.122. The number of rotatable bonds is 7. The second-order valence-corrected chi connectivity index (χ2v) is 7.11. The molecule has 1 aromatic carbocycles. The fourth-order valence-corrected chi connectivity index (χ4v) is 3.48. The van der Waals surface area contributed by atoms with Gasteiger partial charge in [0.2, 0.25) is 15.9 Å². The molecule has 23 heavy (non-hydrogen) atoms. The van der Waals surface area contributed by atoms with E-state index < -0.39 is 16.1 Å². The van der Waals surface area contributed by atoms with Gasteiger partial charge in [0.05, 0.1) is 24.2 Å². The van der Waals surface area contributed by atoms with Gasteiger partial charge in [0.1, 0.15) is 5.75 Å². The highest BCUT2D eigenvalue weighted by Gasteiger charge is 2.23. The molecule has 0 aliphatic carbocycles. The minimum absolute atomic E-state index is 0.0179. The van der Waals surface area contributed by atoms with E-state index in [1.165, 1.54) is 26.2 Å².